The van der Waals surface area contributed by atoms with E-state index in [2.05, 4.69) is 49.9 Å². The molecule has 1 saturated heterocycles. The lowest BCUT2D eigenvalue weighted by molar-refractivity contribution is 0.227. The third-order valence-corrected chi connectivity index (χ3v) is 3.71. The van der Waals surface area contributed by atoms with Gasteiger partial charge in [0.2, 0.25) is 0 Å². The van der Waals surface area contributed by atoms with Gasteiger partial charge in [-0.2, -0.15) is 11.8 Å². The molecule has 0 unspecified atom stereocenters. The highest BCUT2D eigenvalue weighted by Gasteiger charge is 2.22. The smallest absolute Gasteiger partial charge is 0.0166 e. The van der Waals surface area contributed by atoms with Crippen molar-refractivity contribution in [2.24, 2.45) is 5.41 Å². The summed E-state index contributed by atoms with van der Waals surface area (Å²) in [5.41, 5.74) is 0.386. The lowest BCUT2D eigenvalue weighted by Gasteiger charge is -2.29. The van der Waals surface area contributed by atoms with E-state index in [-0.39, 0.29) is 0 Å². The zero-order valence-corrected chi connectivity index (χ0v) is 10.8. The molecule has 1 aliphatic rings. The van der Waals surface area contributed by atoms with Crippen LogP contribution in [0.25, 0.3) is 0 Å². The fraction of sp³-hybridized carbons (Fsp3) is 1.00. The van der Waals surface area contributed by atoms with Crippen molar-refractivity contribution in [3.05, 3.63) is 0 Å². The quantitative estimate of drug-likeness (QED) is 0.752. The molecule has 1 heterocycles. The normalized spacial score (nSPS) is 23.4. The van der Waals surface area contributed by atoms with Crippen LogP contribution >= 0.6 is 11.8 Å². The lowest BCUT2D eigenvalue weighted by atomic mass is 9.92. The highest BCUT2D eigenvalue weighted by molar-refractivity contribution is 7.99. The number of rotatable bonds is 5. The minimum atomic E-state index is 0.386. The Morgan fingerprint density at radius 2 is 2.14 bits per heavy atom. The maximum absolute atomic E-state index is 3.68. The average molecular weight is 216 g/mol. The van der Waals surface area contributed by atoms with Crippen LogP contribution < -0.4 is 5.32 Å². The third-order valence-electron chi connectivity index (χ3n) is 2.54. The monoisotopic (exact) mass is 216 g/mol. The van der Waals surface area contributed by atoms with Gasteiger partial charge in [0.15, 0.2) is 0 Å². The van der Waals surface area contributed by atoms with E-state index >= 15 is 0 Å². The molecule has 3 heteroatoms. The molecule has 2 nitrogen and oxygen atoms in total. The third kappa shape index (κ3) is 4.67. The lowest BCUT2D eigenvalue weighted by Crippen LogP contribution is -2.41. The van der Waals surface area contributed by atoms with Crippen LogP contribution in [0.15, 0.2) is 0 Å². The number of nitrogens with one attached hydrogen (secondary N) is 1. The van der Waals surface area contributed by atoms with Crippen LogP contribution in [0.2, 0.25) is 0 Å². The van der Waals surface area contributed by atoms with E-state index in [1.807, 2.05) is 0 Å². The highest BCUT2D eigenvalue weighted by atomic mass is 32.2. The molecule has 0 aliphatic carbocycles. The van der Waals surface area contributed by atoms with Crippen LogP contribution in [-0.2, 0) is 0 Å². The van der Waals surface area contributed by atoms with Crippen LogP contribution in [0.4, 0.5) is 0 Å². The largest absolute Gasteiger partial charge is 0.313 e. The molecule has 0 saturated carbocycles. The van der Waals surface area contributed by atoms with E-state index in [1.54, 1.807) is 0 Å². The number of hydrogen-bond acceptors (Lipinski definition) is 3. The fourth-order valence-corrected chi connectivity index (χ4v) is 3.21. The maximum atomic E-state index is 3.68. The predicted molar refractivity (Wildman–Crippen MR) is 66.1 cm³/mol. The summed E-state index contributed by atoms with van der Waals surface area (Å²) >= 11 is 2.07. The fourth-order valence-electron chi connectivity index (χ4n) is 2.03. The van der Waals surface area contributed by atoms with Gasteiger partial charge in [0.05, 0.1) is 0 Å². The average Bonchev–Trinajstić information content (AvgIpc) is 2.50. The molecular weight excluding hydrogens is 192 g/mol. The minimum Gasteiger partial charge on any atom is -0.313 e. The van der Waals surface area contributed by atoms with Crippen LogP contribution in [0.5, 0.6) is 0 Å². The summed E-state index contributed by atoms with van der Waals surface area (Å²) in [6.45, 7) is 6.96. The molecule has 84 valence electrons. The van der Waals surface area contributed by atoms with Gasteiger partial charge in [0, 0.05) is 24.9 Å². The van der Waals surface area contributed by atoms with Crippen LogP contribution in [0.1, 0.15) is 20.3 Å². The van der Waals surface area contributed by atoms with Crippen molar-refractivity contribution in [1.29, 1.82) is 0 Å². The number of nitrogens with zero attached hydrogens (tertiary/aromatic N) is 1. The van der Waals surface area contributed by atoms with Gasteiger partial charge in [-0.1, -0.05) is 13.8 Å². The zero-order valence-electron chi connectivity index (χ0n) is 9.97. The van der Waals surface area contributed by atoms with Gasteiger partial charge in [-0.05, 0) is 31.7 Å². The summed E-state index contributed by atoms with van der Waals surface area (Å²) in [5.74, 6) is 2.64. The summed E-state index contributed by atoms with van der Waals surface area (Å²) in [5, 5.41) is 3.68. The second-order valence-electron chi connectivity index (χ2n) is 5.34. The molecule has 1 fully saturated rings. The summed E-state index contributed by atoms with van der Waals surface area (Å²) in [4.78, 5) is 2.27. The van der Waals surface area contributed by atoms with Gasteiger partial charge in [-0.3, -0.25) is 0 Å². The van der Waals surface area contributed by atoms with Crippen molar-refractivity contribution in [3.8, 4) is 0 Å². The summed E-state index contributed by atoms with van der Waals surface area (Å²) in [7, 11) is 4.29. The maximum Gasteiger partial charge on any atom is 0.0166 e. The van der Waals surface area contributed by atoms with Crippen LogP contribution in [0.3, 0.4) is 0 Å². The first-order chi connectivity index (χ1) is 6.49. The van der Waals surface area contributed by atoms with Gasteiger partial charge in [0.1, 0.15) is 0 Å². The Kier molecular flexibility index (Phi) is 4.74. The molecule has 0 aromatic heterocycles. The van der Waals surface area contributed by atoms with E-state index in [9.17, 15) is 0 Å². The Balaban J connectivity index is 2.20. The Morgan fingerprint density at radius 3 is 2.64 bits per heavy atom. The first kappa shape index (κ1) is 12.3. The van der Waals surface area contributed by atoms with Crippen molar-refractivity contribution in [2.45, 2.75) is 26.3 Å². The molecule has 0 bridgehead atoms. The van der Waals surface area contributed by atoms with E-state index in [0.717, 1.165) is 19.1 Å². The molecule has 0 amide bonds. The molecule has 0 spiro atoms. The van der Waals surface area contributed by atoms with E-state index in [0.29, 0.717) is 5.41 Å². The van der Waals surface area contributed by atoms with Crippen molar-refractivity contribution in [1.82, 2.24) is 10.2 Å². The van der Waals surface area contributed by atoms with Gasteiger partial charge in [0.25, 0.3) is 0 Å². The van der Waals surface area contributed by atoms with Gasteiger partial charge in [-0.15, -0.1) is 0 Å². The SMILES string of the molecule is CN(C)CC(C)(C)CN[C@@H]1CCSC1. The molecule has 1 aliphatic heterocycles. The predicted octanol–water partition coefficient (Wildman–Crippen LogP) is 1.67. The molecule has 14 heavy (non-hydrogen) atoms. The molecule has 0 radical (unpaired) electrons. The zero-order chi connectivity index (χ0) is 10.6. The molecule has 0 aromatic carbocycles. The summed E-state index contributed by atoms with van der Waals surface area (Å²) in [6, 6.07) is 0.765. The molecular formula is C11H24N2S. The second kappa shape index (κ2) is 5.38. The molecule has 1 N–H and O–H groups in total. The number of thioether (sulfide) groups is 1. The topological polar surface area (TPSA) is 15.3 Å². The standard InChI is InChI=1S/C11H24N2S/c1-11(2,9-13(3)4)8-12-10-5-6-14-7-10/h10,12H,5-9H2,1-4H3/t10-/m1/s1. The first-order valence-electron chi connectivity index (χ1n) is 5.45. The van der Waals surface area contributed by atoms with E-state index in [1.165, 1.54) is 17.9 Å². The van der Waals surface area contributed by atoms with Crippen molar-refractivity contribution in [3.63, 3.8) is 0 Å². The van der Waals surface area contributed by atoms with Crippen LogP contribution in [-0.4, -0.2) is 49.6 Å². The molecule has 1 rings (SSSR count). The van der Waals surface area contributed by atoms with Gasteiger partial charge in [-0.25, -0.2) is 0 Å². The van der Waals surface area contributed by atoms with Crippen molar-refractivity contribution < 1.29 is 0 Å². The Morgan fingerprint density at radius 1 is 1.43 bits per heavy atom. The Hall–Kier alpha value is 0.270. The first-order valence-corrected chi connectivity index (χ1v) is 6.61. The van der Waals surface area contributed by atoms with Crippen LogP contribution in [0, 0.1) is 5.41 Å². The van der Waals surface area contributed by atoms with E-state index < -0.39 is 0 Å². The Labute approximate surface area is 92.8 Å². The van der Waals surface area contributed by atoms with Crippen molar-refractivity contribution in [2.75, 3.05) is 38.7 Å². The molecule has 0 aromatic rings. The number of hydrogen-bond donors (Lipinski definition) is 1. The van der Waals surface area contributed by atoms with Crippen molar-refractivity contribution >= 4 is 11.8 Å². The highest BCUT2D eigenvalue weighted by Crippen LogP contribution is 2.19. The van der Waals surface area contributed by atoms with Gasteiger partial charge >= 0.3 is 0 Å². The minimum absolute atomic E-state index is 0.386. The summed E-state index contributed by atoms with van der Waals surface area (Å²) < 4.78 is 0. The Bertz CT molecular complexity index is 163. The van der Waals surface area contributed by atoms with E-state index in [4.69, 9.17) is 0 Å². The summed E-state index contributed by atoms with van der Waals surface area (Å²) in [6.07, 6.45) is 1.35. The second-order valence-corrected chi connectivity index (χ2v) is 6.49. The molecule has 1 atom stereocenters. The van der Waals surface area contributed by atoms with Gasteiger partial charge < -0.3 is 10.2 Å².